The van der Waals surface area contributed by atoms with Crippen LogP contribution < -0.4 is 0 Å². The number of unbranched alkanes of at least 4 members (excludes halogenated alkanes) is 6. The Hall–Kier alpha value is -2.55. The number of esters is 2. The van der Waals surface area contributed by atoms with Crippen molar-refractivity contribution >= 4 is 54.1 Å². The van der Waals surface area contributed by atoms with E-state index in [-0.39, 0.29) is 83.2 Å². The van der Waals surface area contributed by atoms with Crippen LogP contribution >= 0.6 is 0 Å². The van der Waals surface area contributed by atoms with E-state index in [1.807, 2.05) is 41.5 Å². The molecule has 0 aromatic heterocycles. The van der Waals surface area contributed by atoms with E-state index >= 15 is 0 Å². The molecule has 2 aliphatic rings. The molecule has 2 aliphatic carbocycles. The van der Waals surface area contributed by atoms with Crippen LogP contribution in [-0.2, 0) is 47.7 Å². The van der Waals surface area contributed by atoms with Crippen molar-refractivity contribution in [2.24, 2.45) is 22.7 Å². The fraction of sp³-hybridized carbons (Fsp3) is 0.815. The molecule has 0 aliphatic heterocycles. The van der Waals surface area contributed by atoms with Crippen LogP contribution in [0.1, 0.15) is 199 Å². The summed E-state index contributed by atoms with van der Waals surface area (Å²) in [6.45, 7) is 36.7. The van der Waals surface area contributed by atoms with Gasteiger partial charge in [-0.25, -0.2) is 0 Å². The summed E-state index contributed by atoms with van der Waals surface area (Å²) in [5, 5.41) is 0. The maximum Gasteiger partial charge on any atom is 0.305 e. The smallest absolute Gasteiger partial charge is 0.305 e. The van der Waals surface area contributed by atoms with Crippen molar-refractivity contribution in [3.63, 3.8) is 0 Å². The Morgan fingerprint density at radius 3 is 1.52 bits per heavy atom. The topological polar surface area (TPSA) is 139 Å². The van der Waals surface area contributed by atoms with Crippen molar-refractivity contribution in [2.45, 2.75) is 249 Å². The summed E-state index contributed by atoms with van der Waals surface area (Å²) in [6.07, 6.45) is 16.6. The van der Waals surface area contributed by atoms with Crippen molar-refractivity contribution in [3.8, 4) is 0 Å². The third-order valence-electron chi connectivity index (χ3n) is 11.1. The minimum Gasteiger partial charge on any atom is -0.469 e. The summed E-state index contributed by atoms with van der Waals surface area (Å²) in [6, 6.07) is 0. The molecule has 12 heteroatoms. The molecule has 10 nitrogen and oxygen atoms in total. The first-order valence-electron chi connectivity index (χ1n) is 25.4. The standard InChI is InChI=1S/C25H42O5.C17H26O5.C8H18.2C2H8Si/c1-6-7-8-9-10-11-15-20-21(22(27)18-23(20)30-25(2,3)4)17-19(26)14-12-13-16-24(28)29-5;1-17(2,3)22-14-10-12(15(19)11-14)9-13(18)7-5-6-8-16(20)21-4;1-7(2,3)8(4,5)6;2*1-3-2/h11,15,20-21,23H,6-10,12-14,16-18H2,1-5H3;10,14H,5-9,11H2,1-4H3;1-6H3;2*3H2,1-2H3/b15-11+;;;;/t20-,21-,23?;;;;/m1..../s1. The first-order chi connectivity index (χ1) is 30.5. The number of rotatable bonds is 22. The van der Waals surface area contributed by atoms with Gasteiger partial charge < -0.3 is 18.9 Å². The van der Waals surface area contributed by atoms with Crippen LogP contribution in [0.5, 0.6) is 0 Å². The number of Topliss-reactive ketones (excluding diaryl/α,β-unsaturated/α-hetero) is 4. The average molecular weight is 968 g/mol. The molecular weight excluding hydrogens is 865 g/mol. The van der Waals surface area contributed by atoms with Gasteiger partial charge in [0.25, 0.3) is 0 Å². The lowest BCUT2D eigenvalue weighted by Crippen LogP contribution is -2.31. The molecule has 0 amide bonds. The number of hydrogen-bond acceptors (Lipinski definition) is 10. The lowest BCUT2D eigenvalue weighted by atomic mass is 9.71. The molecular formula is C54H102O10Si2. The largest absolute Gasteiger partial charge is 0.469 e. The van der Waals surface area contributed by atoms with Crippen molar-refractivity contribution in [1.29, 1.82) is 0 Å². The molecule has 1 fully saturated rings. The first kappa shape index (κ1) is 67.7. The normalized spacial score (nSPS) is 18.4. The Morgan fingerprint density at radius 1 is 0.636 bits per heavy atom. The number of allylic oxidation sites excluding steroid dienone is 2. The molecule has 1 saturated carbocycles. The van der Waals surface area contributed by atoms with E-state index < -0.39 is 0 Å². The maximum absolute atomic E-state index is 12.7. The van der Waals surface area contributed by atoms with Crippen LogP contribution in [0.2, 0.25) is 26.2 Å². The van der Waals surface area contributed by atoms with Gasteiger partial charge in [-0.3, -0.25) is 28.8 Å². The Labute approximate surface area is 409 Å². The summed E-state index contributed by atoms with van der Waals surface area (Å²) < 4.78 is 21.1. The summed E-state index contributed by atoms with van der Waals surface area (Å²) in [5.74, 6) is -0.593. The van der Waals surface area contributed by atoms with E-state index in [0.29, 0.717) is 99.7 Å². The summed E-state index contributed by atoms with van der Waals surface area (Å²) in [7, 11) is 3.55. The zero-order chi connectivity index (χ0) is 51.7. The maximum atomic E-state index is 12.7. The molecule has 0 bridgehead atoms. The van der Waals surface area contributed by atoms with Crippen LogP contribution in [0.15, 0.2) is 23.8 Å². The van der Waals surface area contributed by atoms with Gasteiger partial charge in [-0.05, 0) is 97.0 Å². The van der Waals surface area contributed by atoms with E-state index in [0.717, 1.165) is 12.8 Å². The number of ketones is 4. The molecule has 2 unspecified atom stereocenters. The summed E-state index contributed by atoms with van der Waals surface area (Å²) >= 11 is 0. The van der Waals surface area contributed by atoms with Crippen molar-refractivity contribution < 1.29 is 47.7 Å². The molecule has 0 spiro atoms. The van der Waals surface area contributed by atoms with E-state index in [2.05, 4.69) is 96.3 Å². The highest BCUT2D eigenvalue weighted by molar-refractivity contribution is 6.31. The SMILES string of the molecule is CC(C)(C)C(C)(C)C.CCCCCC/C=C/[C@H]1C(OC(C)(C)C)CC(=O)[C@@H]1CC(=O)CCCCC(=O)OC.COC(=O)CCCCC(=O)CC1=CC(OC(C)(C)C)CC1=O.C[SiH2]C.C[SiH2]C. The van der Waals surface area contributed by atoms with Crippen LogP contribution in [-0.4, -0.2) is 91.7 Å². The Balaban J connectivity index is -0.000000956. The van der Waals surface area contributed by atoms with Crippen molar-refractivity contribution in [2.75, 3.05) is 14.2 Å². The monoisotopic (exact) mass is 967 g/mol. The molecule has 66 heavy (non-hydrogen) atoms. The zero-order valence-corrected chi connectivity index (χ0v) is 48.9. The fourth-order valence-corrected chi connectivity index (χ4v) is 6.40. The number of hydrogen-bond donors (Lipinski definition) is 0. The second-order valence-corrected chi connectivity index (χ2v) is 24.8. The predicted molar refractivity (Wildman–Crippen MR) is 281 cm³/mol. The van der Waals surface area contributed by atoms with Crippen LogP contribution in [0, 0.1) is 22.7 Å². The Kier molecular flexibility index (Phi) is 37.4. The number of methoxy groups -OCH3 is 2. The highest BCUT2D eigenvalue weighted by Gasteiger charge is 2.43. The van der Waals surface area contributed by atoms with Crippen molar-refractivity contribution in [3.05, 3.63) is 23.8 Å². The lowest BCUT2D eigenvalue weighted by Gasteiger charge is -2.34. The van der Waals surface area contributed by atoms with Gasteiger partial charge in [0.15, 0.2) is 5.78 Å². The lowest BCUT2D eigenvalue weighted by molar-refractivity contribution is -0.141. The number of carbonyl (C=O) groups excluding carboxylic acids is 6. The molecule has 386 valence electrons. The van der Waals surface area contributed by atoms with Gasteiger partial charge in [0.05, 0.1) is 37.6 Å². The number of carbonyl (C=O) groups is 6. The fourth-order valence-electron chi connectivity index (χ4n) is 6.40. The molecule has 2 rings (SSSR count). The summed E-state index contributed by atoms with van der Waals surface area (Å²) in [5.41, 5.74) is 0.798. The molecule has 0 radical (unpaired) electrons. The van der Waals surface area contributed by atoms with Gasteiger partial charge in [-0.1, -0.05) is 106 Å². The molecule has 4 atom stereocenters. The highest BCUT2D eigenvalue weighted by Crippen LogP contribution is 2.38. The van der Waals surface area contributed by atoms with E-state index in [1.165, 1.54) is 33.5 Å². The van der Waals surface area contributed by atoms with E-state index in [9.17, 15) is 28.8 Å². The number of ether oxygens (including phenoxy) is 4. The molecule has 0 N–H and O–H groups in total. The van der Waals surface area contributed by atoms with Gasteiger partial charge in [0, 0.05) is 87.8 Å². The van der Waals surface area contributed by atoms with Gasteiger partial charge in [0.1, 0.15) is 17.3 Å². The molecule has 0 aromatic carbocycles. The van der Waals surface area contributed by atoms with E-state index in [1.54, 1.807) is 6.08 Å². The third kappa shape index (κ3) is 36.5. The second-order valence-electron chi connectivity index (χ2n) is 21.9. The molecule has 0 heterocycles. The first-order valence-corrected chi connectivity index (χ1v) is 31.1. The average Bonchev–Trinajstić information content (AvgIpc) is 3.66. The van der Waals surface area contributed by atoms with Crippen molar-refractivity contribution in [1.82, 2.24) is 0 Å². The van der Waals surface area contributed by atoms with Crippen LogP contribution in [0.3, 0.4) is 0 Å². The second kappa shape index (κ2) is 36.4. The van der Waals surface area contributed by atoms with E-state index in [4.69, 9.17) is 9.47 Å². The van der Waals surface area contributed by atoms with Gasteiger partial charge >= 0.3 is 11.9 Å². The third-order valence-corrected chi connectivity index (χ3v) is 11.1. The van der Waals surface area contributed by atoms with Crippen LogP contribution in [0.4, 0.5) is 0 Å². The zero-order valence-electron chi connectivity index (χ0n) is 46.1. The quantitative estimate of drug-likeness (QED) is 0.0446. The Morgan fingerprint density at radius 2 is 1.09 bits per heavy atom. The predicted octanol–water partition coefficient (Wildman–Crippen LogP) is 11.9. The summed E-state index contributed by atoms with van der Waals surface area (Å²) in [4.78, 5) is 71.2. The molecule has 0 saturated heterocycles. The molecule has 0 aromatic rings. The van der Waals surface area contributed by atoms with Gasteiger partial charge in [0.2, 0.25) is 0 Å². The minimum atomic E-state index is -0.328. The van der Waals surface area contributed by atoms with Gasteiger partial charge in [-0.15, -0.1) is 0 Å². The Bertz CT molecular complexity index is 1430. The minimum absolute atomic E-state index is 0.00263. The highest BCUT2D eigenvalue weighted by atomic mass is 28.2. The van der Waals surface area contributed by atoms with Gasteiger partial charge in [-0.2, -0.15) is 0 Å². The van der Waals surface area contributed by atoms with Crippen LogP contribution in [0.25, 0.3) is 0 Å².